The molecule has 0 fully saturated rings. The molecule has 0 radical (unpaired) electrons. The van der Waals surface area contributed by atoms with Crippen LogP contribution in [0.2, 0.25) is 0 Å². The molecule has 0 unspecified atom stereocenters. The van der Waals surface area contributed by atoms with Gasteiger partial charge in [-0.1, -0.05) is 421 Å². The Kier molecular flexibility index (Phi) is 36.9. The zero-order valence-electron chi connectivity index (χ0n) is 89.6. The van der Waals surface area contributed by atoms with E-state index >= 15 is 0 Å². The largest absolute Gasteiger partial charge is 0.341 e. The highest BCUT2D eigenvalue weighted by molar-refractivity contribution is 6.24. The van der Waals surface area contributed by atoms with Gasteiger partial charge in [-0.05, 0) is 285 Å². The molecule has 718 valence electrons. The van der Waals surface area contributed by atoms with Gasteiger partial charge in [0.25, 0.3) is 0 Å². The second-order valence-corrected chi connectivity index (χ2v) is 32.6. The van der Waals surface area contributed by atoms with Crippen molar-refractivity contribution in [2.24, 2.45) is 0 Å². The highest BCUT2D eigenvalue weighted by Crippen LogP contribution is 2.52. The first-order chi connectivity index (χ1) is 69.3. The van der Waals surface area contributed by atoms with E-state index in [4.69, 9.17) is 0 Å². The maximum atomic E-state index is 2.51. The Labute approximate surface area is 837 Å². The quantitative estimate of drug-likeness (QED) is 0.157. The van der Waals surface area contributed by atoms with Crippen molar-refractivity contribution in [3.05, 3.63) is 372 Å². The summed E-state index contributed by atoms with van der Waals surface area (Å²) < 4.78 is 9.93. The van der Waals surface area contributed by atoms with Gasteiger partial charge in [-0.15, -0.1) is 0 Å². The molecule has 0 atom stereocenters. The van der Waals surface area contributed by atoms with Gasteiger partial charge in [0.2, 0.25) is 0 Å². The molecular weight excluding hydrogens is 1690 g/mol. The van der Waals surface area contributed by atoms with Crippen LogP contribution < -0.4 is 0 Å². The van der Waals surface area contributed by atoms with Crippen LogP contribution in [0.25, 0.3) is 207 Å². The molecular formula is C136H154N4. The van der Waals surface area contributed by atoms with Crippen molar-refractivity contribution in [1.29, 1.82) is 0 Å². The van der Waals surface area contributed by atoms with Crippen molar-refractivity contribution in [3.63, 3.8) is 0 Å². The number of nitrogens with zero attached hydrogens (tertiary/aromatic N) is 4. The van der Waals surface area contributed by atoms with Crippen LogP contribution >= 0.6 is 0 Å². The monoisotopic (exact) mass is 1840 g/mol. The zero-order chi connectivity index (χ0) is 101. The lowest BCUT2D eigenvalue weighted by Gasteiger charge is -2.12. The average Bonchev–Trinajstić information content (AvgIpc) is 1.55. The minimum absolute atomic E-state index is 0.967. The van der Waals surface area contributed by atoms with Crippen molar-refractivity contribution in [3.8, 4) is 44.5 Å². The summed E-state index contributed by atoms with van der Waals surface area (Å²) in [6.07, 6.45) is 4.11. The van der Waals surface area contributed by atoms with Crippen LogP contribution in [-0.2, 0) is 51.9 Å². The smallest absolute Gasteiger partial charge is 0.0570 e. The van der Waals surface area contributed by atoms with E-state index in [0.29, 0.717) is 0 Å². The summed E-state index contributed by atoms with van der Waals surface area (Å²) in [4.78, 5) is 0. The van der Waals surface area contributed by atoms with Crippen LogP contribution in [0.1, 0.15) is 238 Å². The maximum absolute atomic E-state index is 2.51. The van der Waals surface area contributed by atoms with Crippen molar-refractivity contribution in [2.75, 3.05) is 0 Å². The van der Waals surface area contributed by atoms with Gasteiger partial charge in [0.15, 0.2) is 0 Å². The van der Waals surface area contributed by atoms with Crippen LogP contribution in [0.3, 0.4) is 0 Å². The van der Waals surface area contributed by atoms with E-state index in [1.54, 1.807) is 0 Å². The van der Waals surface area contributed by atoms with Gasteiger partial charge < -0.3 is 18.3 Å². The van der Waals surface area contributed by atoms with Crippen LogP contribution in [-0.4, -0.2) is 18.3 Å². The summed E-state index contributed by atoms with van der Waals surface area (Å²) in [5.74, 6) is 0. The molecule has 0 aliphatic heterocycles. The van der Waals surface area contributed by atoms with E-state index in [9.17, 15) is 0 Å². The summed E-state index contributed by atoms with van der Waals surface area (Å²) in [6.45, 7) is 60.9. The molecule has 0 N–H and O–H groups in total. The summed E-state index contributed by atoms with van der Waals surface area (Å²) in [6, 6.07) is 122. The van der Waals surface area contributed by atoms with Crippen LogP contribution in [0.5, 0.6) is 0 Å². The molecule has 23 aromatic rings. The number of benzene rings is 19. The van der Waals surface area contributed by atoms with Gasteiger partial charge in [-0.3, -0.25) is 0 Å². The predicted molar refractivity (Wildman–Crippen MR) is 632 cm³/mol. The van der Waals surface area contributed by atoms with Gasteiger partial charge in [-0.25, -0.2) is 0 Å². The lowest BCUT2D eigenvalue weighted by molar-refractivity contribution is 0.827. The van der Waals surface area contributed by atoms with Crippen molar-refractivity contribution < 1.29 is 0 Å². The lowest BCUT2D eigenvalue weighted by Crippen LogP contribution is -1.94. The normalized spacial score (nSPS) is 11.1. The molecule has 4 heteroatoms. The number of hydrogen-bond donors (Lipinski definition) is 0. The third kappa shape index (κ3) is 18.7. The number of rotatable bonds is 4. The Morgan fingerprint density at radius 3 is 1.16 bits per heavy atom. The summed E-state index contributed by atoms with van der Waals surface area (Å²) in [5, 5.41) is 29.9. The first-order valence-electron chi connectivity index (χ1n) is 53.8. The van der Waals surface area contributed by atoms with Gasteiger partial charge in [0.05, 0.1) is 5.52 Å². The fourth-order valence-corrected chi connectivity index (χ4v) is 21.8. The summed E-state index contributed by atoms with van der Waals surface area (Å²) in [5.41, 5.74) is 33.8. The SMILES string of the molecule is CC.CC.CC.CC.CC.CC.CC.CC.CC.CC.CC.CC.CCn1c2cc3c(cc2c2c4ccccc4ccc21)Cc1c-3ccc2ccccc12.CCn1c2cc3c(cc2c2cc4ccccc4cc21)-c1ccccc1C3.CCn1c2cc3c(cc2c2ccc4ccccc4c21)Cc1ccc2ccccc2c1-3.CCn1c2ccccc2c2cc3c(cc21)-c1c(c2ccccc2c2ccccc12)C3. The minimum atomic E-state index is 0.967. The summed E-state index contributed by atoms with van der Waals surface area (Å²) >= 11 is 0. The third-order valence-electron chi connectivity index (χ3n) is 26.9. The molecule has 0 amide bonds. The van der Waals surface area contributed by atoms with E-state index in [-0.39, 0.29) is 0 Å². The second kappa shape index (κ2) is 49.2. The predicted octanol–water partition coefficient (Wildman–Crippen LogP) is 41.9. The third-order valence-corrected chi connectivity index (χ3v) is 26.9. The number of fused-ring (bicyclic) bond motifs is 38. The molecule has 0 spiro atoms. The molecule has 4 aliphatic rings. The molecule has 0 saturated heterocycles. The fourth-order valence-electron chi connectivity index (χ4n) is 21.8. The number of para-hydroxylation sites is 1. The van der Waals surface area contributed by atoms with Gasteiger partial charge >= 0.3 is 0 Å². The second-order valence-electron chi connectivity index (χ2n) is 32.6. The van der Waals surface area contributed by atoms with E-state index < -0.39 is 0 Å². The minimum Gasteiger partial charge on any atom is -0.341 e. The van der Waals surface area contributed by atoms with E-state index in [1.807, 2.05) is 166 Å². The molecule has 0 saturated carbocycles. The van der Waals surface area contributed by atoms with E-state index in [2.05, 4.69) is 374 Å². The van der Waals surface area contributed by atoms with Crippen LogP contribution in [0.15, 0.2) is 328 Å². The van der Waals surface area contributed by atoms with Crippen LogP contribution in [0, 0.1) is 0 Å². The molecule has 27 rings (SSSR count). The standard InChI is InChI=1S/3C29H21N.C25H19N.12C2H6/c1-2-30-27-14-12-19-8-4-6-10-22(19)29(27)26-16-20-15-25-21-9-5-3-7-18(21)11-13-23(25)24(20)17-28(26)30;1-2-30-27-17-25-21(15-20-12-11-18-7-3-5-9-22(18)28(20)25)16-26(27)24-14-13-19-8-4-6-10-23(19)29(24)30;1-2-30-27-14-8-7-12-22(27)25-15-18-16-26-21-11-4-3-9-19(21)20-10-5-6-13-23(20)29(26)24(18)17-28(25)30;1-2-26-24-13-17-8-4-3-7-16(17)12-22(24)23-15-21-19(14-25(23)26)11-18-9-5-6-10-20(18)21;12*1-2/h2*3-14,16-17H,2,15H2,1H3;3-15,17H,2,16H2,1H3;3-10,12-15H,2,11H2,1H3;12*1-2H3. The molecule has 140 heavy (non-hydrogen) atoms. The Balaban J connectivity index is 0.000000156. The Bertz CT molecular complexity index is 8210. The van der Waals surface area contributed by atoms with Gasteiger partial charge in [-0.2, -0.15) is 0 Å². The molecule has 19 aromatic carbocycles. The Morgan fingerprint density at radius 2 is 0.529 bits per heavy atom. The number of aromatic nitrogens is 4. The molecule has 0 bridgehead atoms. The Hall–Kier alpha value is -13.8. The first kappa shape index (κ1) is 105. The lowest BCUT2D eigenvalue weighted by atomic mass is 9.91. The topological polar surface area (TPSA) is 19.7 Å². The maximum Gasteiger partial charge on any atom is 0.0570 e. The zero-order valence-corrected chi connectivity index (χ0v) is 89.6. The highest BCUT2D eigenvalue weighted by atomic mass is 15.0. The first-order valence-corrected chi connectivity index (χ1v) is 53.8. The molecule has 4 heterocycles. The number of aryl methyl sites for hydroxylation is 4. The fraction of sp³-hybridized carbons (Fsp3) is 0.265. The van der Waals surface area contributed by atoms with Crippen molar-refractivity contribution in [1.82, 2.24) is 18.3 Å². The summed E-state index contributed by atoms with van der Waals surface area (Å²) in [7, 11) is 0. The van der Waals surface area contributed by atoms with Gasteiger partial charge in [0.1, 0.15) is 0 Å². The Morgan fingerprint density at radius 1 is 0.164 bits per heavy atom. The highest BCUT2D eigenvalue weighted by Gasteiger charge is 2.30. The van der Waals surface area contributed by atoms with Crippen molar-refractivity contribution >= 4 is 163 Å². The molecule has 4 aromatic heterocycles. The van der Waals surface area contributed by atoms with E-state index in [1.165, 1.54) is 252 Å². The van der Waals surface area contributed by atoms with Crippen LogP contribution in [0.4, 0.5) is 0 Å². The molecule has 4 aliphatic carbocycles. The number of hydrogen-bond acceptors (Lipinski definition) is 0. The molecule has 4 nitrogen and oxygen atoms in total. The van der Waals surface area contributed by atoms with Crippen molar-refractivity contribution in [2.45, 2.75) is 246 Å². The average molecular weight is 1840 g/mol. The van der Waals surface area contributed by atoms with Gasteiger partial charge in [0, 0.05) is 113 Å². The van der Waals surface area contributed by atoms with E-state index in [0.717, 1.165) is 51.9 Å².